The van der Waals surface area contributed by atoms with Crippen LogP contribution in [0.15, 0.2) is 0 Å². The Hall–Kier alpha value is -0.470. The Balaban J connectivity index is 2.68. The first-order chi connectivity index (χ1) is 6.56. The summed E-state index contributed by atoms with van der Waals surface area (Å²) in [4.78, 5) is 22.1. The van der Waals surface area contributed by atoms with Gasteiger partial charge in [-0.1, -0.05) is 6.92 Å². The van der Waals surface area contributed by atoms with Gasteiger partial charge in [-0.15, -0.1) is 0 Å². The van der Waals surface area contributed by atoms with Crippen LogP contribution in [0, 0.1) is 5.41 Å². The van der Waals surface area contributed by atoms with Crippen LogP contribution in [-0.4, -0.2) is 23.0 Å². The van der Waals surface area contributed by atoms with E-state index in [-0.39, 0.29) is 12.2 Å². The van der Waals surface area contributed by atoms with E-state index in [0.29, 0.717) is 6.42 Å². The maximum absolute atomic E-state index is 11.6. The predicted molar refractivity (Wildman–Crippen MR) is 53.8 cm³/mol. The number of aliphatic carboxylic acids is 1. The lowest BCUT2D eigenvalue weighted by atomic mass is 9.90. The predicted octanol–water partition coefficient (Wildman–Crippen LogP) is 1.40. The number of rotatable bonds is 6. The van der Waals surface area contributed by atoms with E-state index in [0.717, 1.165) is 12.8 Å². The zero-order valence-corrected chi connectivity index (χ0v) is 9.31. The van der Waals surface area contributed by atoms with E-state index in [9.17, 15) is 9.59 Å². The number of carboxylic acids is 1. The Bertz CT molecular complexity index is 247. The molecule has 0 aliphatic heterocycles. The fourth-order valence-corrected chi connectivity index (χ4v) is 2.16. The van der Waals surface area contributed by atoms with Crippen LogP contribution >= 0.6 is 9.47 Å². The monoisotopic (exact) mass is 218 g/mol. The van der Waals surface area contributed by atoms with E-state index in [4.69, 9.17) is 9.63 Å². The van der Waals surface area contributed by atoms with Crippen LogP contribution in [0.2, 0.25) is 0 Å². The van der Waals surface area contributed by atoms with Crippen molar-refractivity contribution >= 4 is 21.2 Å². The first-order valence-corrected chi connectivity index (χ1v) is 5.14. The van der Waals surface area contributed by atoms with Gasteiger partial charge < -0.3 is 9.63 Å². The van der Waals surface area contributed by atoms with E-state index in [1.807, 2.05) is 0 Å². The maximum Gasteiger partial charge on any atom is 0.306 e. The molecule has 0 aromatic heterocycles. The molecule has 14 heavy (non-hydrogen) atoms. The normalized spacial score (nSPS) is 20.1. The second-order valence-corrected chi connectivity index (χ2v) is 3.93. The zero-order valence-electron chi connectivity index (χ0n) is 8.16. The second-order valence-electron chi connectivity index (χ2n) is 3.66. The molecule has 1 saturated carbocycles. The number of carboxylic acid groups (broad SMARTS) is 1. The lowest BCUT2D eigenvalue weighted by Crippen LogP contribution is -2.32. The van der Waals surface area contributed by atoms with Gasteiger partial charge >= 0.3 is 5.97 Å². The number of carbonyl (C=O) groups excluding carboxylic acids is 1. The molecule has 1 unspecified atom stereocenters. The zero-order chi connectivity index (χ0) is 10.8. The summed E-state index contributed by atoms with van der Waals surface area (Å²) in [6, 6.07) is 0. The van der Waals surface area contributed by atoms with Crippen molar-refractivity contribution in [3.63, 3.8) is 0 Å². The van der Waals surface area contributed by atoms with Crippen molar-refractivity contribution in [1.29, 1.82) is 0 Å². The fourth-order valence-electron chi connectivity index (χ4n) is 1.80. The van der Waals surface area contributed by atoms with Crippen LogP contribution in [0.4, 0.5) is 0 Å². The van der Waals surface area contributed by atoms with Gasteiger partial charge in [-0.25, -0.2) is 0 Å². The van der Waals surface area contributed by atoms with Gasteiger partial charge in [0.25, 0.3) is 0 Å². The molecule has 0 bridgehead atoms. The molecular weight excluding hydrogens is 203 g/mol. The van der Waals surface area contributed by atoms with E-state index >= 15 is 0 Å². The molecule has 2 atom stereocenters. The molecule has 1 aliphatic carbocycles. The molecule has 0 aromatic carbocycles. The van der Waals surface area contributed by atoms with Crippen molar-refractivity contribution < 1.29 is 19.2 Å². The van der Waals surface area contributed by atoms with Gasteiger partial charge in [0.1, 0.15) is 5.78 Å². The van der Waals surface area contributed by atoms with Crippen LogP contribution in [0.1, 0.15) is 32.6 Å². The number of hydrogen-bond acceptors (Lipinski definition) is 3. The van der Waals surface area contributed by atoms with Crippen LogP contribution < -0.4 is 0 Å². The van der Waals surface area contributed by atoms with Crippen LogP contribution in [0.25, 0.3) is 0 Å². The van der Waals surface area contributed by atoms with E-state index < -0.39 is 17.5 Å². The van der Waals surface area contributed by atoms with Crippen molar-refractivity contribution in [2.45, 2.75) is 38.7 Å². The van der Waals surface area contributed by atoms with Gasteiger partial charge in [0.05, 0.1) is 17.9 Å². The Labute approximate surface area is 85.3 Å². The third-order valence-electron chi connectivity index (χ3n) is 2.81. The molecule has 0 saturated heterocycles. The van der Waals surface area contributed by atoms with Crippen LogP contribution in [0.3, 0.4) is 0 Å². The lowest BCUT2D eigenvalue weighted by molar-refractivity contribution is -0.140. The van der Waals surface area contributed by atoms with Crippen LogP contribution in [-0.2, 0) is 14.1 Å². The summed E-state index contributed by atoms with van der Waals surface area (Å²) >= 11 is 0. The first-order valence-electron chi connectivity index (χ1n) is 4.67. The van der Waals surface area contributed by atoms with Gasteiger partial charge in [0, 0.05) is 15.9 Å². The molecule has 0 heterocycles. The molecule has 0 amide bonds. The topological polar surface area (TPSA) is 63.6 Å². The van der Waals surface area contributed by atoms with Crippen LogP contribution in [0.5, 0.6) is 0 Å². The quantitative estimate of drug-likeness (QED) is 0.684. The largest absolute Gasteiger partial charge is 0.481 e. The van der Waals surface area contributed by atoms with Gasteiger partial charge in [0.2, 0.25) is 0 Å². The molecule has 80 valence electrons. The summed E-state index contributed by atoms with van der Waals surface area (Å²) in [6.07, 6.45) is 1.37. The number of Topliss-reactive ketones (excluding diaryl/α,β-unsaturated/α-hetero) is 1. The molecular formula is C9H15O4P. The number of carbonyl (C=O) groups is 2. The lowest BCUT2D eigenvalue weighted by Gasteiger charge is -2.22. The SMILES string of the molecule is CCC(=O)C1([C@H](CC(=O)O)OP)CC1. The molecule has 0 spiro atoms. The van der Waals surface area contributed by atoms with Gasteiger partial charge in [-0.3, -0.25) is 9.59 Å². The Morgan fingerprint density at radius 1 is 1.57 bits per heavy atom. The highest BCUT2D eigenvalue weighted by Crippen LogP contribution is 2.52. The van der Waals surface area contributed by atoms with Gasteiger partial charge in [-0.2, -0.15) is 0 Å². The smallest absolute Gasteiger partial charge is 0.306 e. The third-order valence-corrected chi connectivity index (χ3v) is 3.13. The maximum atomic E-state index is 11.6. The summed E-state index contributed by atoms with van der Waals surface area (Å²) in [5.74, 6) is -0.807. The van der Waals surface area contributed by atoms with Crippen molar-refractivity contribution in [2.75, 3.05) is 0 Å². The average Bonchev–Trinajstić information content (AvgIpc) is 2.93. The van der Waals surface area contributed by atoms with E-state index in [1.54, 1.807) is 6.92 Å². The minimum atomic E-state index is -0.923. The van der Waals surface area contributed by atoms with E-state index in [2.05, 4.69) is 9.47 Å². The Morgan fingerprint density at radius 3 is 2.43 bits per heavy atom. The minimum Gasteiger partial charge on any atom is -0.481 e. The summed E-state index contributed by atoms with van der Waals surface area (Å²) in [7, 11) is 2.06. The molecule has 1 fully saturated rings. The second kappa shape index (κ2) is 4.37. The summed E-state index contributed by atoms with van der Waals surface area (Å²) in [5.41, 5.74) is -0.505. The fraction of sp³-hybridized carbons (Fsp3) is 0.778. The molecule has 1 rings (SSSR count). The Morgan fingerprint density at radius 2 is 2.14 bits per heavy atom. The van der Waals surface area contributed by atoms with Crippen molar-refractivity contribution in [3.05, 3.63) is 0 Å². The molecule has 5 heteroatoms. The number of hydrogen-bond donors (Lipinski definition) is 1. The summed E-state index contributed by atoms with van der Waals surface area (Å²) in [6.45, 7) is 1.79. The van der Waals surface area contributed by atoms with Gasteiger partial charge in [0.15, 0.2) is 0 Å². The summed E-state index contributed by atoms with van der Waals surface area (Å²) in [5, 5.41) is 8.66. The van der Waals surface area contributed by atoms with Crippen molar-refractivity contribution in [2.24, 2.45) is 5.41 Å². The molecule has 0 radical (unpaired) electrons. The van der Waals surface area contributed by atoms with Crippen molar-refractivity contribution in [1.82, 2.24) is 0 Å². The van der Waals surface area contributed by atoms with Gasteiger partial charge in [-0.05, 0) is 12.8 Å². The highest BCUT2D eigenvalue weighted by molar-refractivity contribution is 7.09. The molecule has 1 N–H and O–H groups in total. The first kappa shape index (κ1) is 11.6. The minimum absolute atomic E-state index is 0.102. The Kier molecular flexibility index (Phi) is 3.62. The third kappa shape index (κ3) is 2.12. The molecule has 0 aromatic rings. The highest BCUT2D eigenvalue weighted by Gasteiger charge is 2.55. The van der Waals surface area contributed by atoms with Crippen molar-refractivity contribution in [3.8, 4) is 0 Å². The standard InChI is InChI=1S/C9H15O4P/c1-2-6(10)9(3-4-9)7(13-14)5-8(11)12/h7H,2-5,14H2,1H3,(H,11,12)/t7-/m0/s1. The summed E-state index contributed by atoms with van der Waals surface area (Å²) < 4.78 is 5.03. The van der Waals surface area contributed by atoms with E-state index in [1.165, 1.54) is 0 Å². The molecule has 4 nitrogen and oxygen atoms in total. The molecule has 1 aliphatic rings. The highest BCUT2D eigenvalue weighted by atomic mass is 31.0. The average molecular weight is 218 g/mol. The number of ketones is 1.